The lowest BCUT2D eigenvalue weighted by molar-refractivity contribution is 0.402. The molecule has 0 spiro atoms. The molecule has 1 atom stereocenters. The van der Waals surface area contributed by atoms with Gasteiger partial charge in [-0.25, -0.2) is 0 Å². The lowest BCUT2D eigenvalue weighted by Gasteiger charge is -2.14. The highest BCUT2D eigenvalue weighted by molar-refractivity contribution is 6.18. The van der Waals surface area contributed by atoms with Crippen LogP contribution in [0.4, 0.5) is 0 Å². The maximum absolute atomic E-state index is 6.01. The van der Waals surface area contributed by atoms with Crippen molar-refractivity contribution >= 4 is 11.6 Å². The summed E-state index contributed by atoms with van der Waals surface area (Å²) in [6.45, 7) is 0. The van der Waals surface area contributed by atoms with Gasteiger partial charge in [-0.05, 0) is 42.7 Å². The molecule has 1 saturated carbocycles. The zero-order chi connectivity index (χ0) is 10.7. The molecule has 1 aromatic carbocycles. The number of alkyl halides is 1. The Morgan fingerprint density at radius 3 is 2.73 bits per heavy atom. The van der Waals surface area contributed by atoms with Crippen molar-refractivity contribution in [3.8, 4) is 5.75 Å². The zero-order valence-corrected chi connectivity index (χ0v) is 9.83. The lowest BCUT2D eigenvalue weighted by Crippen LogP contribution is -2.09. The summed E-state index contributed by atoms with van der Waals surface area (Å²) < 4.78 is 5.35. The minimum atomic E-state index is 0.628. The van der Waals surface area contributed by atoms with E-state index in [2.05, 4.69) is 12.1 Å². The minimum Gasteiger partial charge on any atom is -0.496 e. The molecule has 2 heteroatoms. The Hall–Kier alpha value is -0.690. The van der Waals surface area contributed by atoms with Gasteiger partial charge in [-0.2, -0.15) is 0 Å². The molecule has 1 fully saturated rings. The van der Waals surface area contributed by atoms with Crippen molar-refractivity contribution in [1.82, 2.24) is 0 Å². The number of hydrogen-bond acceptors (Lipinski definition) is 1. The Balaban J connectivity index is 2.07. The largest absolute Gasteiger partial charge is 0.496 e. The van der Waals surface area contributed by atoms with Crippen molar-refractivity contribution in [2.45, 2.75) is 19.3 Å². The van der Waals surface area contributed by atoms with Crippen LogP contribution in [0.25, 0.3) is 0 Å². The Morgan fingerprint density at radius 1 is 1.40 bits per heavy atom. The van der Waals surface area contributed by atoms with Crippen LogP contribution < -0.4 is 4.74 Å². The molecular formula is C13H17ClO. The van der Waals surface area contributed by atoms with Gasteiger partial charge in [0.15, 0.2) is 0 Å². The van der Waals surface area contributed by atoms with E-state index in [0.29, 0.717) is 5.92 Å². The van der Waals surface area contributed by atoms with Gasteiger partial charge in [-0.1, -0.05) is 18.2 Å². The Labute approximate surface area is 96.4 Å². The highest BCUT2D eigenvalue weighted by Crippen LogP contribution is 2.40. The number of ether oxygens (including phenoxy) is 1. The third-order valence-corrected chi connectivity index (χ3v) is 3.56. The van der Waals surface area contributed by atoms with Gasteiger partial charge in [0.1, 0.15) is 5.75 Å². The monoisotopic (exact) mass is 224 g/mol. The molecule has 1 aliphatic rings. The fourth-order valence-electron chi connectivity index (χ4n) is 2.07. The molecule has 0 amide bonds. The summed E-state index contributed by atoms with van der Waals surface area (Å²) in [7, 11) is 1.73. The Kier molecular flexibility index (Phi) is 3.53. The second kappa shape index (κ2) is 4.89. The molecule has 1 aromatic rings. The molecule has 0 bridgehead atoms. The van der Waals surface area contributed by atoms with E-state index >= 15 is 0 Å². The van der Waals surface area contributed by atoms with Gasteiger partial charge in [-0.15, -0.1) is 11.6 Å². The molecule has 0 saturated heterocycles. The molecule has 2 rings (SSSR count). The Morgan fingerprint density at radius 2 is 2.13 bits per heavy atom. The fraction of sp³-hybridized carbons (Fsp3) is 0.538. The van der Waals surface area contributed by atoms with E-state index in [4.69, 9.17) is 16.3 Å². The molecule has 15 heavy (non-hydrogen) atoms. The van der Waals surface area contributed by atoms with E-state index < -0.39 is 0 Å². The molecule has 1 unspecified atom stereocenters. The van der Waals surface area contributed by atoms with Crippen LogP contribution in [0.2, 0.25) is 0 Å². The molecule has 0 aromatic heterocycles. The zero-order valence-electron chi connectivity index (χ0n) is 9.08. The second-order valence-corrected chi connectivity index (χ2v) is 4.58. The highest BCUT2D eigenvalue weighted by atomic mass is 35.5. The fourth-order valence-corrected chi connectivity index (χ4v) is 2.43. The van der Waals surface area contributed by atoms with Crippen LogP contribution in [0.3, 0.4) is 0 Å². The van der Waals surface area contributed by atoms with E-state index in [0.717, 1.165) is 24.0 Å². The summed E-state index contributed by atoms with van der Waals surface area (Å²) in [6.07, 6.45) is 3.76. The number of halogens is 1. The van der Waals surface area contributed by atoms with Gasteiger partial charge < -0.3 is 4.74 Å². The third-order valence-electron chi connectivity index (χ3n) is 3.16. The first-order chi connectivity index (χ1) is 7.35. The number of benzene rings is 1. The van der Waals surface area contributed by atoms with Crippen LogP contribution in [-0.2, 0) is 6.42 Å². The van der Waals surface area contributed by atoms with Crippen LogP contribution >= 0.6 is 11.6 Å². The van der Waals surface area contributed by atoms with Crippen molar-refractivity contribution in [3.05, 3.63) is 29.8 Å². The van der Waals surface area contributed by atoms with Crippen molar-refractivity contribution in [2.75, 3.05) is 13.0 Å². The first-order valence-electron chi connectivity index (χ1n) is 5.53. The first-order valence-corrected chi connectivity index (χ1v) is 6.06. The lowest BCUT2D eigenvalue weighted by atomic mass is 9.96. The van der Waals surface area contributed by atoms with Gasteiger partial charge in [0.2, 0.25) is 0 Å². The van der Waals surface area contributed by atoms with E-state index in [1.165, 1.54) is 18.4 Å². The Bertz CT molecular complexity index is 320. The normalized spacial score (nSPS) is 17.5. The van der Waals surface area contributed by atoms with Crippen molar-refractivity contribution < 1.29 is 4.74 Å². The quantitative estimate of drug-likeness (QED) is 0.696. The second-order valence-electron chi connectivity index (χ2n) is 4.27. The number of rotatable bonds is 5. The van der Waals surface area contributed by atoms with E-state index in [1.807, 2.05) is 12.1 Å². The van der Waals surface area contributed by atoms with Crippen molar-refractivity contribution in [1.29, 1.82) is 0 Å². The number of para-hydroxylation sites is 1. The van der Waals surface area contributed by atoms with Crippen LogP contribution in [0.15, 0.2) is 24.3 Å². The molecule has 0 aliphatic heterocycles. The molecule has 0 heterocycles. The first kappa shape index (κ1) is 10.8. The number of methoxy groups -OCH3 is 1. The average Bonchev–Trinajstić information content (AvgIpc) is 3.10. The standard InChI is InChI=1S/C13H17ClO/c1-15-13-5-3-2-4-11(13)8-12(9-14)10-6-7-10/h2-5,10,12H,6-9H2,1H3. The topological polar surface area (TPSA) is 9.23 Å². The van der Waals surface area contributed by atoms with Gasteiger partial charge in [0.25, 0.3) is 0 Å². The van der Waals surface area contributed by atoms with Crippen LogP contribution in [-0.4, -0.2) is 13.0 Å². The third kappa shape index (κ3) is 2.66. The smallest absolute Gasteiger partial charge is 0.122 e. The van der Waals surface area contributed by atoms with Gasteiger partial charge in [0.05, 0.1) is 7.11 Å². The summed E-state index contributed by atoms with van der Waals surface area (Å²) in [6, 6.07) is 8.24. The summed E-state index contributed by atoms with van der Waals surface area (Å²) in [4.78, 5) is 0. The summed E-state index contributed by atoms with van der Waals surface area (Å²) >= 11 is 6.01. The average molecular weight is 225 g/mol. The van der Waals surface area contributed by atoms with Crippen LogP contribution in [0, 0.1) is 11.8 Å². The summed E-state index contributed by atoms with van der Waals surface area (Å²) in [5.41, 5.74) is 1.29. The molecule has 82 valence electrons. The van der Waals surface area contributed by atoms with E-state index in [-0.39, 0.29) is 0 Å². The number of hydrogen-bond donors (Lipinski definition) is 0. The van der Waals surface area contributed by atoms with Crippen molar-refractivity contribution in [2.24, 2.45) is 11.8 Å². The highest BCUT2D eigenvalue weighted by Gasteiger charge is 2.30. The van der Waals surface area contributed by atoms with Crippen LogP contribution in [0.1, 0.15) is 18.4 Å². The summed E-state index contributed by atoms with van der Waals surface area (Å²) in [5, 5.41) is 0. The molecule has 0 radical (unpaired) electrons. The maximum Gasteiger partial charge on any atom is 0.122 e. The SMILES string of the molecule is COc1ccccc1CC(CCl)C1CC1. The minimum absolute atomic E-state index is 0.628. The van der Waals surface area contributed by atoms with Crippen LogP contribution in [0.5, 0.6) is 5.75 Å². The van der Waals surface area contributed by atoms with E-state index in [1.54, 1.807) is 7.11 Å². The molecule has 1 nitrogen and oxygen atoms in total. The maximum atomic E-state index is 6.01. The predicted octanol–water partition coefficient (Wildman–Crippen LogP) is 3.50. The molecule has 0 N–H and O–H groups in total. The molecule has 1 aliphatic carbocycles. The van der Waals surface area contributed by atoms with Gasteiger partial charge in [0, 0.05) is 5.88 Å². The van der Waals surface area contributed by atoms with Crippen molar-refractivity contribution in [3.63, 3.8) is 0 Å². The molecular weight excluding hydrogens is 208 g/mol. The summed E-state index contributed by atoms with van der Waals surface area (Å²) in [5.74, 6) is 3.24. The predicted molar refractivity (Wildman–Crippen MR) is 63.6 cm³/mol. The van der Waals surface area contributed by atoms with Gasteiger partial charge >= 0.3 is 0 Å². The van der Waals surface area contributed by atoms with Gasteiger partial charge in [-0.3, -0.25) is 0 Å². The van der Waals surface area contributed by atoms with E-state index in [9.17, 15) is 0 Å².